The van der Waals surface area contributed by atoms with E-state index in [4.69, 9.17) is 9.47 Å². The molecule has 1 amide bonds. The molecule has 0 unspecified atom stereocenters. The van der Waals surface area contributed by atoms with Gasteiger partial charge in [0.15, 0.2) is 11.5 Å². The Bertz CT molecular complexity index is 1380. The van der Waals surface area contributed by atoms with Gasteiger partial charge in [0.1, 0.15) is 12.4 Å². The monoisotopic (exact) mass is 582 g/mol. The number of aromatic hydroxyl groups is 1. The molecular weight excluding hydrogens is 564 g/mol. The highest BCUT2D eigenvalue weighted by atomic mass is 79.9. The Morgan fingerprint density at radius 1 is 1.06 bits per heavy atom. The Balaban J connectivity index is 1.49. The molecule has 0 bridgehead atoms. The van der Waals surface area contributed by atoms with Gasteiger partial charge in [-0.05, 0) is 68.2 Å². The molecule has 4 aromatic rings. The first-order chi connectivity index (χ1) is 16.5. The first-order valence-corrected chi connectivity index (χ1v) is 11.8. The summed E-state index contributed by atoms with van der Waals surface area (Å²) in [6.45, 7) is 0.371. The standard InChI is InChI=1S/C26H20Br2N2O4/c1-33-24-12-16(14-29-30-26(32)21-13-19(27)9-10-23(21)31)11-22(28)25(24)34-15-18-7-4-6-17-5-2-3-8-20(17)18/h2-14,31H,15H2,1H3,(H,30,32)/b29-14-. The fourth-order valence-electron chi connectivity index (χ4n) is 3.44. The number of amides is 1. The van der Waals surface area contributed by atoms with Crippen LogP contribution >= 0.6 is 31.9 Å². The SMILES string of the molecule is COc1cc(/C=N\NC(=O)c2cc(Br)ccc2O)cc(Br)c1OCc1cccc2ccccc12. The highest BCUT2D eigenvalue weighted by Gasteiger charge is 2.13. The maximum Gasteiger partial charge on any atom is 0.275 e. The first kappa shape index (κ1) is 23.8. The Kier molecular flexibility index (Phi) is 7.49. The molecule has 2 N–H and O–H groups in total. The van der Waals surface area contributed by atoms with Gasteiger partial charge in [-0.3, -0.25) is 4.79 Å². The van der Waals surface area contributed by atoms with E-state index in [1.807, 2.05) is 30.3 Å². The van der Waals surface area contributed by atoms with E-state index in [0.29, 0.717) is 32.6 Å². The second-order valence-electron chi connectivity index (χ2n) is 7.32. The second-order valence-corrected chi connectivity index (χ2v) is 9.09. The third-order valence-electron chi connectivity index (χ3n) is 5.09. The van der Waals surface area contributed by atoms with Crippen LogP contribution in [0.1, 0.15) is 21.5 Å². The van der Waals surface area contributed by atoms with Crippen LogP contribution in [0, 0.1) is 0 Å². The van der Waals surface area contributed by atoms with Gasteiger partial charge in [-0.2, -0.15) is 5.10 Å². The number of nitrogens with zero attached hydrogens (tertiary/aromatic N) is 1. The predicted octanol–water partition coefficient (Wildman–Crippen LogP) is 6.42. The summed E-state index contributed by atoms with van der Waals surface area (Å²) >= 11 is 6.82. The Hall–Kier alpha value is -3.36. The Labute approximate surface area is 213 Å². The number of ether oxygens (including phenoxy) is 2. The predicted molar refractivity (Wildman–Crippen MR) is 140 cm³/mol. The molecule has 0 radical (unpaired) electrons. The molecule has 0 saturated carbocycles. The molecule has 172 valence electrons. The van der Waals surface area contributed by atoms with E-state index >= 15 is 0 Å². The summed E-state index contributed by atoms with van der Waals surface area (Å²) < 4.78 is 13.0. The third kappa shape index (κ3) is 5.40. The van der Waals surface area contributed by atoms with Crippen molar-refractivity contribution >= 4 is 54.8 Å². The number of benzene rings is 4. The van der Waals surface area contributed by atoms with Crippen LogP contribution in [-0.2, 0) is 6.61 Å². The molecule has 0 aliphatic rings. The number of methoxy groups -OCH3 is 1. The number of hydrazone groups is 1. The number of carbonyl (C=O) groups is 1. The van der Waals surface area contributed by atoms with Crippen LogP contribution in [-0.4, -0.2) is 24.3 Å². The fraction of sp³-hybridized carbons (Fsp3) is 0.0769. The van der Waals surface area contributed by atoms with Crippen LogP contribution in [0.5, 0.6) is 17.2 Å². The van der Waals surface area contributed by atoms with Crippen LogP contribution in [0.3, 0.4) is 0 Å². The number of phenolic OH excluding ortho intramolecular Hbond substituents is 1. The molecule has 0 atom stereocenters. The molecular formula is C26H20Br2N2O4. The zero-order valence-corrected chi connectivity index (χ0v) is 21.3. The molecule has 0 aliphatic heterocycles. The number of carbonyl (C=O) groups excluding carboxylic acids is 1. The first-order valence-electron chi connectivity index (χ1n) is 10.2. The van der Waals surface area contributed by atoms with E-state index < -0.39 is 5.91 Å². The average Bonchev–Trinajstić information content (AvgIpc) is 2.84. The van der Waals surface area contributed by atoms with Crippen LogP contribution in [0.15, 0.2) is 86.8 Å². The maximum atomic E-state index is 12.3. The summed E-state index contributed by atoms with van der Waals surface area (Å²) in [5, 5.41) is 16.2. The lowest BCUT2D eigenvalue weighted by Gasteiger charge is -2.14. The number of hydrogen-bond donors (Lipinski definition) is 2. The van der Waals surface area contributed by atoms with Crippen molar-refractivity contribution in [2.45, 2.75) is 6.61 Å². The zero-order valence-electron chi connectivity index (χ0n) is 18.1. The van der Waals surface area contributed by atoms with Gasteiger partial charge in [-0.1, -0.05) is 58.4 Å². The Morgan fingerprint density at radius 3 is 2.68 bits per heavy atom. The number of hydrogen-bond acceptors (Lipinski definition) is 5. The smallest absolute Gasteiger partial charge is 0.275 e. The normalized spacial score (nSPS) is 11.0. The number of rotatable bonds is 7. The van der Waals surface area contributed by atoms with Crippen molar-refractivity contribution in [3.63, 3.8) is 0 Å². The molecule has 0 saturated heterocycles. The van der Waals surface area contributed by atoms with Crippen LogP contribution < -0.4 is 14.9 Å². The van der Waals surface area contributed by atoms with Gasteiger partial charge in [0.25, 0.3) is 5.91 Å². The molecule has 8 heteroatoms. The number of phenols is 1. The lowest BCUT2D eigenvalue weighted by molar-refractivity contribution is 0.0952. The molecule has 0 aromatic heterocycles. The third-order valence-corrected chi connectivity index (χ3v) is 6.17. The summed E-state index contributed by atoms with van der Waals surface area (Å²) in [5.41, 5.74) is 4.27. The Morgan fingerprint density at radius 2 is 1.85 bits per heavy atom. The fourth-order valence-corrected chi connectivity index (χ4v) is 4.37. The molecule has 0 spiro atoms. The second kappa shape index (κ2) is 10.7. The van der Waals surface area contributed by atoms with Crippen molar-refractivity contribution in [1.29, 1.82) is 0 Å². The molecule has 6 nitrogen and oxygen atoms in total. The summed E-state index contributed by atoms with van der Waals surface area (Å²) in [5.74, 6) is 0.423. The van der Waals surface area contributed by atoms with E-state index in [0.717, 1.165) is 16.3 Å². The van der Waals surface area contributed by atoms with Crippen molar-refractivity contribution in [3.8, 4) is 17.2 Å². The van der Waals surface area contributed by atoms with Gasteiger partial charge in [-0.15, -0.1) is 0 Å². The summed E-state index contributed by atoms with van der Waals surface area (Å²) in [4.78, 5) is 12.3. The summed E-state index contributed by atoms with van der Waals surface area (Å²) in [6, 6.07) is 22.4. The van der Waals surface area contributed by atoms with Crippen molar-refractivity contribution in [2.24, 2.45) is 5.10 Å². The van der Waals surface area contributed by atoms with E-state index in [1.165, 1.54) is 18.3 Å². The van der Waals surface area contributed by atoms with Gasteiger partial charge in [0.2, 0.25) is 0 Å². The number of nitrogens with one attached hydrogen (secondary N) is 1. The largest absolute Gasteiger partial charge is 0.507 e. The van der Waals surface area contributed by atoms with E-state index in [1.54, 1.807) is 19.2 Å². The van der Waals surface area contributed by atoms with Gasteiger partial charge in [0.05, 0.1) is 23.4 Å². The van der Waals surface area contributed by atoms with Gasteiger partial charge in [0, 0.05) is 4.47 Å². The summed E-state index contributed by atoms with van der Waals surface area (Å²) in [6.07, 6.45) is 1.48. The van der Waals surface area contributed by atoms with Crippen molar-refractivity contribution in [3.05, 3.63) is 98.4 Å². The minimum absolute atomic E-state index is 0.113. The average molecular weight is 584 g/mol. The minimum atomic E-state index is -0.531. The van der Waals surface area contributed by atoms with Crippen molar-refractivity contribution in [1.82, 2.24) is 5.43 Å². The highest BCUT2D eigenvalue weighted by Crippen LogP contribution is 2.37. The highest BCUT2D eigenvalue weighted by molar-refractivity contribution is 9.10. The van der Waals surface area contributed by atoms with Gasteiger partial charge < -0.3 is 14.6 Å². The molecule has 4 rings (SSSR count). The maximum absolute atomic E-state index is 12.3. The van der Waals surface area contributed by atoms with Crippen LogP contribution in [0.25, 0.3) is 10.8 Å². The van der Waals surface area contributed by atoms with E-state index in [-0.39, 0.29) is 11.3 Å². The number of halogens is 2. The quantitative estimate of drug-likeness (QED) is 0.194. The lowest BCUT2D eigenvalue weighted by atomic mass is 10.1. The molecule has 4 aromatic carbocycles. The minimum Gasteiger partial charge on any atom is -0.507 e. The molecule has 0 fully saturated rings. The van der Waals surface area contributed by atoms with Crippen molar-refractivity contribution < 1.29 is 19.4 Å². The number of fused-ring (bicyclic) bond motifs is 1. The van der Waals surface area contributed by atoms with E-state index in [9.17, 15) is 9.90 Å². The van der Waals surface area contributed by atoms with Crippen LogP contribution in [0.4, 0.5) is 0 Å². The van der Waals surface area contributed by atoms with E-state index in [2.05, 4.69) is 60.6 Å². The molecule has 0 aliphatic carbocycles. The van der Waals surface area contributed by atoms with Crippen molar-refractivity contribution in [2.75, 3.05) is 7.11 Å². The molecule has 34 heavy (non-hydrogen) atoms. The lowest BCUT2D eigenvalue weighted by Crippen LogP contribution is -2.17. The van der Waals surface area contributed by atoms with Gasteiger partial charge >= 0.3 is 0 Å². The zero-order chi connectivity index (χ0) is 24.1. The summed E-state index contributed by atoms with van der Waals surface area (Å²) in [7, 11) is 1.56. The van der Waals surface area contributed by atoms with Gasteiger partial charge in [-0.25, -0.2) is 5.43 Å². The topological polar surface area (TPSA) is 80.2 Å². The van der Waals surface area contributed by atoms with Crippen LogP contribution in [0.2, 0.25) is 0 Å². The molecule has 0 heterocycles.